The van der Waals surface area contributed by atoms with E-state index in [4.69, 9.17) is 27.9 Å². The molecule has 0 bridgehead atoms. The molecule has 1 unspecified atom stereocenters. The summed E-state index contributed by atoms with van der Waals surface area (Å²) in [6, 6.07) is 5.36. The fourth-order valence-electron chi connectivity index (χ4n) is 1.30. The van der Waals surface area contributed by atoms with E-state index in [1.807, 2.05) is 32.2 Å². The molecule has 1 aromatic carbocycles. The molecule has 0 saturated heterocycles. The highest BCUT2D eigenvalue weighted by Gasteiger charge is 2.10. The number of benzene rings is 1. The predicted molar refractivity (Wildman–Crippen MR) is 69.6 cm³/mol. The Balaban J connectivity index is 2.80. The van der Waals surface area contributed by atoms with E-state index >= 15 is 0 Å². The van der Waals surface area contributed by atoms with Gasteiger partial charge in [0.25, 0.3) is 0 Å². The number of rotatable bonds is 5. The van der Waals surface area contributed by atoms with Crippen LogP contribution in [0.3, 0.4) is 0 Å². The first kappa shape index (κ1) is 13.4. The van der Waals surface area contributed by atoms with Crippen molar-refractivity contribution in [2.75, 3.05) is 13.6 Å². The van der Waals surface area contributed by atoms with Gasteiger partial charge in [0.2, 0.25) is 0 Å². The van der Waals surface area contributed by atoms with Crippen LogP contribution in [0.5, 0.6) is 5.75 Å². The van der Waals surface area contributed by atoms with Crippen molar-refractivity contribution in [1.29, 1.82) is 0 Å². The van der Waals surface area contributed by atoms with Crippen LogP contribution >= 0.6 is 23.2 Å². The molecule has 4 heteroatoms. The van der Waals surface area contributed by atoms with Crippen LogP contribution in [-0.4, -0.2) is 19.7 Å². The summed E-state index contributed by atoms with van der Waals surface area (Å²) < 4.78 is 5.74. The monoisotopic (exact) mass is 259 g/mol. The molecule has 0 saturated carbocycles. The molecule has 1 N–H and O–H groups in total. The van der Waals surface area contributed by atoms with Crippen LogP contribution in [0.25, 0.3) is 0 Å². The second-order valence-corrected chi connectivity index (χ2v) is 4.08. The van der Waals surface area contributed by atoms with E-state index in [9.17, 15) is 0 Å². The van der Waals surface area contributed by atoms with Crippen LogP contribution < -0.4 is 10.1 Å². The van der Waals surface area contributed by atoms with Crippen LogP contribution in [0.1, 0.15) is 6.92 Å². The van der Waals surface area contributed by atoms with Gasteiger partial charge in [0, 0.05) is 6.54 Å². The average molecular weight is 260 g/mol. The zero-order chi connectivity index (χ0) is 12.0. The highest BCUT2D eigenvalue weighted by Crippen LogP contribution is 2.32. The molecule has 2 nitrogen and oxygen atoms in total. The number of ether oxygens (including phenoxy) is 1. The number of allylic oxidation sites excluding steroid dienone is 1. The van der Waals surface area contributed by atoms with Crippen LogP contribution in [0.2, 0.25) is 10.0 Å². The Morgan fingerprint density at radius 1 is 1.44 bits per heavy atom. The molecule has 0 spiro atoms. The predicted octanol–water partition coefficient (Wildman–Crippen LogP) is 3.54. The quantitative estimate of drug-likeness (QED) is 0.817. The van der Waals surface area contributed by atoms with E-state index < -0.39 is 0 Å². The van der Waals surface area contributed by atoms with Gasteiger partial charge < -0.3 is 10.1 Å². The first-order chi connectivity index (χ1) is 7.69. The lowest BCUT2D eigenvalue weighted by atomic mass is 10.3. The maximum atomic E-state index is 6.04. The molecule has 0 aromatic heterocycles. The zero-order valence-corrected chi connectivity index (χ0v) is 10.8. The molecule has 0 heterocycles. The van der Waals surface area contributed by atoms with Crippen molar-refractivity contribution in [2.45, 2.75) is 13.0 Å². The standard InChI is InChI=1S/C12H15Cl2NO/c1-3-5-9(8-15-2)16-11-7-4-6-10(13)12(11)14/h3-7,9,15H,8H2,1-2H3/b5-3-. The van der Waals surface area contributed by atoms with Gasteiger partial charge in [-0.3, -0.25) is 0 Å². The topological polar surface area (TPSA) is 21.3 Å². The van der Waals surface area contributed by atoms with Gasteiger partial charge in [0.05, 0.1) is 5.02 Å². The molecule has 0 amide bonds. The van der Waals surface area contributed by atoms with Gasteiger partial charge in [-0.15, -0.1) is 0 Å². The van der Waals surface area contributed by atoms with Gasteiger partial charge in [-0.1, -0.05) is 35.3 Å². The van der Waals surface area contributed by atoms with Gasteiger partial charge in [0.1, 0.15) is 16.9 Å². The second kappa shape index (κ2) is 6.79. The molecule has 0 aliphatic rings. The summed E-state index contributed by atoms with van der Waals surface area (Å²) >= 11 is 11.9. The van der Waals surface area contributed by atoms with Crippen LogP contribution in [-0.2, 0) is 0 Å². The minimum atomic E-state index is -0.0500. The molecular formula is C12H15Cl2NO. The Bertz CT molecular complexity index is 366. The molecule has 1 rings (SSSR count). The summed E-state index contributed by atoms with van der Waals surface area (Å²) in [5.74, 6) is 0.604. The Morgan fingerprint density at radius 3 is 2.81 bits per heavy atom. The van der Waals surface area contributed by atoms with Crippen molar-refractivity contribution in [2.24, 2.45) is 0 Å². The maximum Gasteiger partial charge on any atom is 0.140 e. The molecule has 88 valence electrons. The summed E-state index contributed by atoms with van der Waals surface area (Å²) in [6.07, 6.45) is 3.86. The third-order valence-corrected chi connectivity index (χ3v) is 2.81. The number of hydrogen-bond donors (Lipinski definition) is 1. The van der Waals surface area contributed by atoms with Gasteiger partial charge in [-0.25, -0.2) is 0 Å². The fourth-order valence-corrected chi connectivity index (χ4v) is 1.64. The van der Waals surface area contributed by atoms with E-state index in [1.165, 1.54) is 0 Å². The maximum absolute atomic E-state index is 6.04. The van der Waals surface area contributed by atoms with E-state index in [2.05, 4.69) is 5.32 Å². The molecule has 1 atom stereocenters. The average Bonchev–Trinajstić information content (AvgIpc) is 2.25. The number of halogens is 2. The SMILES string of the molecule is C/C=C\C(CNC)Oc1cccc(Cl)c1Cl. The van der Waals surface area contributed by atoms with Crippen molar-refractivity contribution in [3.63, 3.8) is 0 Å². The molecule has 16 heavy (non-hydrogen) atoms. The Labute approximate surface area is 106 Å². The summed E-state index contributed by atoms with van der Waals surface area (Å²) in [4.78, 5) is 0. The molecule has 0 aliphatic carbocycles. The van der Waals surface area contributed by atoms with E-state index in [0.29, 0.717) is 22.3 Å². The molecule has 0 aliphatic heterocycles. The first-order valence-electron chi connectivity index (χ1n) is 5.07. The van der Waals surface area contributed by atoms with Crippen LogP contribution in [0, 0.1) is 0 Å². The molecule has 0 radical (unpaired) electrons. The van der Waals surface area contributed by atoms with E-state index in [1.54, 1.807) is 12.1 Å². The molecule has 1 aromatic rings. The van der Waals surface area contributed by atoms with Crippen LogP contribution in [0.15, 0.2) is 30.4 Å². The largest absolute Gasteiger partial charge is 0.483 e. The highest BCUT2D eigenvalue weighted by atomic mass is 35.5. The van der Waals surface area contributed by atoms with Gasteiger partial charge in [0.15, 0.2) is 0 Å². The normalized spacial score (nSPS) is 13.0. The summed E-state index contributed by atoms with van der Waals surface area (Å²) in [7, 11) is 1.87. The second-order valence-electron chi connectivity index (χ2n) is 3.29. The first-order valence-corrected chi connectivity index (χ1v) is 5.82. The van der Waals surface area contributed by atoms with Gasteiger partial charge >= 0.3 is 0 Å². The van der Waals surface area contributed by atoms with Gasteiger partial charge in [-0.05, 0) is 32.2 Å². The highest BCUT2D eigenvalue weighted by molar-refractivity contribution is 6.42. The van der Waals surface area contributed by atoms with Gasteiger partial charge in [-0.2, -0.15) is 0 Å². The Kier molecular flexibility index (Phi) is 5.67. The minimum absolute atomic E-state index is 0.0500. The Morgan fingerprint density at radius 2 is 2.19 bits per heavy atom. The summed E-state index contributed by atoms with van der Waals surface area (Å²) in [5, 5.41) is 4.01. The summed E-state index contributed by atoms with van der Waals surface area (Å²) in [6.45, 7) is 2.67. The lowest BCUT2D eigenvalue weighted by Gasteiger charge is -2.16. The third-order valence-electron chi connectivity index (χ3n) is 2.01. The van der Waals surface area contributed by atoms with Crippen molar-refractivity contribution in [1.82, 2.24) is 5.32 Å². The number of nitrogens with one attached hydrogen (secondary N) is 1. The smallest absolute Gasteiger partial charge is 0.140 e. The van der Waals surface area contributed by atoms with Crippen molar-refractivity contribution in [3.05, 3.63) is 40.4 Å². The van der Waals surface area contributed by atoms with Crippen molar-refractivity contribution < 1.29 is 4.74 Å². The lowest BCUT2D eigenvalue weighted by molar-refractivity contribution is 0.248. The minimum Gasteiger partial charge on any atom is -0.483 e. The molecule has 0 fully saturated rings. The number of likely N-dealkylation sites (N-methyl/N-ethyl adjacent to an activating group) is 1. The van der Waals surface area contributed by atoms with Crippen LogP contribution in [0.4, 0.5) is 0 Å². The van der Waals surface area contributed by atoms with E-state index in [0.717, 1.165) is 0 Å². The summed E-state index contributed by atoms with van der Waals surface area (Å²) in [5.41, 5.74) is 0. The Hall–Kier alpha value is -0.700. The third kappa shape index (κ3) is 3.71. The lowest BCUT2D eigenvalue weighted by Crippen LogP contribution is -2.27. The fraction of sp³-hybridized carbons (Fsp3) is 0.333. The molecular weight excluding hydrogens is 245 g/mol. The van der Waals surface area contributed by atoms with E-state index in [-0.39, 0.29) is 6.10 Å². The number of hydrogen-bond acceptors (Lipinski definition) is 2. The zero-order valence-electron chi connectivity index (χ0n) is 9.34. The van der Waals surface area contributed by atoms with Crippen molar-refractivity contribution in [3.8, 4) is 5.75 Å². The van der Waals surface area contributed by atoms with Crippen molar-refractivity contribution >= 4 is 23.2 Å².